The van der Waals surface area contributed by atoms with E-state index in [2.05, 4.69) is 70.5 Å². The fourth-order valence-corrected chi connectivity index (χ4v) is 4.45. The second-order valence-corrected chi connectivity index (χ2v) is 8.00. The van der Waals surface area contributed by atoms with Crippen LogP contribution in [-0.4, -0.2) is 54.2 Å². The molecule has 138 valence electrons. The number of piperidine rings is 1. The normalized spacial score (nSPS) is 17.9. The number of likely N-dealkylation sites (tertiary alicyclic amines) is 1. The highest BCUT2D eigenvalue weighted by molar-refractivity contribution is 7.10. The number of thiophene rings is 1. The van der Waals surface area contributed by atoms with Crippen LogP contribution in [0.15, 0.2) is 41.8 Å². The van der Waals surface area contributed by atoms with Gasteiger partial charge in [0.25, 0.3) is 0 Å². The highest BCUT2D eigenvalue weighted by Crippen LogP contribution is 2.21. The van der Waals surface area contributed by atoms with E-state index in [1.165, 1.54) is 29.8 Å². The molecule has 0 spiro atoms. The van der Waals surface area contributed by atoms with Crippen molar-refractivity contribution in [3.63, 3.8) is 0 Å². The van der Waals surface area contributed by atoms with E-state index in [0.29, 0.717) is 6.04 Å². The van der Waals surface area contributed by atoms with Crippen molar-refractivity contribution in [3.8, 4) is 11.8 Å². The van der Waals surface area contributed by atoms with Gasteiger partial charge in [0.2, 0.25) is 0 Å². The van der Waals surface area contributed by atoms with Gasteiger partial charge in [0.1, 0.15) is 6.61 Å². The predicted octanol–water partition coefficient (Wildman–Crippen LogP) is 3.23. The van der Waals surface area contributed by atoms with E-state index >= 15 is 0 Å². The van der Waals surface area contributed by atoms with Crippen molar-refractivity contribution in [3.05, 3.63) is 57.8 Å². The van der Waals surface area contributed by atoms with Crippen molar-refractivity contribution in [2.75, 3.05) is 33.3 Å². The number of rotatable bonds is 6. The van der Waals surface area contributed by atoms with E-state index < -0.39 is 0 Å². The SMILES string of the molecule is CN(Cc1cc(C#CCO)cs1)[C@H]1CCCN(CCc2ccccc2)C1. The highest BCUT2D eigenvalue weighted by Gasteiger charge is 2.23. The van der Waals surface area contributed by atoms with Gasteiger partial charge in [-0.3, -0.25) is 4.90 Å². The molecule has 3 rings (SSSR count). The standard InChI is InChI=1S/C22H28N2OS/c1-23(17-22-15-20(18-26-22)9-6-14-25)21-10-5-12-24(16-21)13-11-19-7-3-2-4-8-19/h2-4,7-8,15,18,21,25H,5,10-14,16-17H2,1H3/t21-/m0/s1. The summed E-state index contributed by atoms with van der Waals surface area (Å²) in [7, 11) is 2.24. The molecule has 1 saturated heterocycles. The van der Waals surface area contributed by atoms with E-state index in [0.717, 1.165) is 31.6 Å². The molecule has 0 aliphatic carbocycles. The fourth-order valence-electron chi connectivity index (χ4n) is 3.57. The molecule has 1 aromatic heterocycles. The zero-order chi connectivity index (χ0) is 18.2. The lowest BCUT2D eigenvalue weighted by Crippen LogP contribution is -2.46. The van der Waals surface area contributed by atoms with Crippen molar-refractivity contribution < 1.29 is 5.11 Å². The van der Waals surface area contributed by atoms with Crippen LogP contribution < -0.4 is 0 Å². The van der Waals surface area contributed by atoms with Crippen molar-refractivity contribution in [2.24, 2.45) is 0 Å². The first-order chi connectivity index (χ1) is 12.7. The van der Waals surface area contributed by atoms with Gasteiger partial charge in [-0.05, 0) is 44.5 Å². The summed E-state index contributed by atoms with van der Waals surface area (Å²) in [5.41, 5.74) is 2.44. The van der Waals surface area contributed by atoms with Gasteiger partial charge in [-0.25, -0.2) is 0 Å². The molecule has 0 radical (unpaired) electrons. The molecule has 26 heavy (non-hydrogen) atoms. The molecule has 1 fully saturated rings. The van der Waals surface area contributed by atoms with E-state index in [1.807, 2.05) is 0 Å². The van der Waals surface area contributed by atoms with Gasteiger partial charge < -0.3 is 10.0 Å². The van der Waals surface area contributed by atoms with Crippen LogP contribution in [0.3, 0.4) is 0 Å². The van der Waals surface area contributed by atoms with Crippen LogP contribution in [0.5, 0.6) is 0 Å². The minimum atomic E-state index is -0.0774. The minimum absolute atomic E-state index is 0.0774. The highest BCUT2D eigenvalue weighted by atomic mass is 32.1. The molecule has 0 saturated carbocycles. The van der Waals surface area contributed by atoms with Gasteiger partial charge in [0, 0.05) is 41.5 Å². The first kappa shape index (κ1) is 19.1. The van der Waals surface area contributed by atoms with Crippen LogP contribution in [0, 0.1) is 11.8 Å². The number of likely N-dealkylation sites (N-methyl/N-ethyl adjacent to an activating group) is 1. The number of aliphatic hydroxyl groups excluding tert-OH is 1. The zero-order valence-corrected chi connectivity index (χ0v) is 16.3. The smallest absolute Gasteiger partial charge is 0.104 e. The minimum Gasteiger partial charge on any atom is -0.384 e. The summed E-state index contributed by atoms with van der Waals surface area (Å²) < 4.78 is 0. The maximum Gasteiger partial charge on any atom is 0.104 e. The summed E-state index contributed by atoms with van der Waals surface area (Å²) in [4.78, 5) is 6.45. The lowest BCUT2D eigenvalue weighted by molar-refractivity contribution is 0.113. The summed E-state index contributed by atoms with van der Waals surface area (Å²) in [5, 5.41) is 10.9. The summed E-state index contributed by atoms with van der Waals surface area (Å²) in [6.45, 7) is 4.42. The Labute approximate surface area is 161 Å². The zero-order valence-electron chi connectivity index (χ0n) is 15.5. The molecule has 1 aliphatic rings. The molecule has 1 atom stereocenters. The van der Waals surface area contributed by atoms with E-state index in [-0.39, 0.29) is 6.61 Å². The molecule has 1 N–H and O–H groups in total. The molecular formula is C22H28N2OS. The third kappa shape index (κ3) is 5.69. The number of benzene rings is 1. The lowest BCUT2D eigenvalue weighted by atomic mass is 10.0. The molecular weight excluding hydrogens is 340 g/mol. The van der Waals surface area contributed by atoms with Crippen LogP contribution in [0.25, 0.3) is 0 Å². The molecule has 2 aromatic rings. The Bertz CT molecular complexity index is 731. The Hall–Kier alpha value is -1.64. The second kappa shape index (κ2) is 9.89. The Balaban J connectivity index is 1.49. The average Bonchev–Trinajstić information content (AvgIpc) is 3.13. The first-order valence-electron chi connectivity index (χ1n) is 9.38. The van der Waals surface area contributed by atoms with Gasteiger partial charge in [0.05, 0.1) is 0 Å². The van der Waals surface area contributed by atoms with E-state index in [1.54, 1.807) is 11.3 Å². The first-order valence-corrected chi connectivity index (χ1v) is 10.3. The number of hydrogen-bond acceptors (Lipinski definition) is 4. The number of nitrogens with zero attached hydrogens (tertiary/aromatic N) is 2. The summed E-state index contributed by atoms with van der Waals surface area (Å²) in [6, 6.07) is 13.6. The summed E-state index contributed by atoms with van der Waals surface area (Å²) in [6.07, 6.45) is 3.69. The van der Waals surface area contributed by atoms with Crippen molar-refractivity contribution in [2.45, 2.75) is 31.8 Å². The van der Waals surface area contributed by atoms with Crippen LogP contribution >= 0.6 is 11.3 Å². The molecule has 1 aliphatic heterocycles. The molecule has 4 heteroatoms. The fraction of sp³-hybridized carbons (Fsp3) is 0.455. The van der Waals surface area contributed by atoms with Crippen molar-refractivity contribution in [1.82, 2.24) is 9.80 Å². The molecule has 1 aromatic carbocycles. The largest absolute Gasteiger partial charge is 0.384 e. The van der Waals surface area contributed by atoms with E-state index in [4.69, 9.17) is 5.11 Å². The van der Waals surface area contributed by atoms with Gasteiger partial charge in [-0.2, -0.15) is 0 Å². The van der Waals surface area contributed by atoms with Gasteiger partial charge in [0.15, 0.2) is 0 Å². The molecule has 0 amide bonds. The van der Waals surface area contributed by atoms with Crippen molar-refractivity contribution >= 4 is 11.3 Å². The average molecular weight is 369 g/mol. The van der Waals surface area contributed by atoms with Crippen LogP contribution in [-0.2, 0) is 13.0 Å². The van der Waals surface area contributed by atoms with Gasteiger partial charge in [-0.15, -0.1) is 11.3 Å². The quantitative estimate of drug-likeness (QED) is 0.793. The third-order valence-electron chi connectivity index (χ3n) is 5.03. The number of aliphatic hydroxyl groups is 1. The van der Waals surface area contributed by atoms with Crippen LogP contribution in [0.2, 0.25) is 0 Å². The molecule has 0 bridgehead atoms. The van der Waals surface area contributed by atoms with Crippen LogP contribution in [0.4, 0.5) is 0 Å². The summed E-state index contributed by atoms with van der Waals surface area (Å²) in [5.74, 6) is 5.71. The maximum atomic E-state index is 8.81. The Morgan fingerprint density at radius 2 is 2.15 bits per heavy atom. The lowest BCUT2D eigenvalue weighted by Gasteiger charge is -2.37. The van der Waals surface area contributed by atoms with Gasteiger partial charge >= 0.3 is 0 Å². The summed E-state index contributed by atoms with van der Waals surface area (Å²) >= 11 is 1.76. The Morgan fingerprint density at radius 1 is 1.31 bits per heavy atom. The topological polar surface area (TPSA) is 26.7 Å². The van der Waals surface area contributed by atoms with Gasteiger partial charge in [-0.1, -0.05) is 42.2 Å². The second-order valence-electron chi connectivity index (χ2n) is 7.01. The Morgan fingerprint density at radius 3 is 2.96 bits per heavy atom. The Kier molecular flexibility index (Phi) is 7.28. The molecule has 3 nitrogen and oxygen atoms in total. The molecule has 0 unspecified atom stereocenters. The van der Waals surface area contributed by atoms with E-state index in [9.17, 15) is 0 Å². The maximum absolute atomic E-state index is 8.81. The van der Waals surface area contributed by atoms with Crippen LogP contribution in [0.1, 0.15) is 28.8 Å². The third-order valence-corrected chi connectivity index (χ3v) is 5.96. The predicted molar refractivity (Wildman–Crippen MR) is 109 cm³/mol. The van der Waals surface area contributed by atoms with Crippen molar-refractivity contribution in [1.29, 1.82) is 0 Å². The molecule has 2 heterocycles. The monoisotopic (exact) mass is 368 g/mol. The number of hydrogen-bond donors (Lipinski definition) is 1.